The first kappa shape index (κ1) is 16.9. The van der Waals surface area contributed by atoms with Crippen LogP contribution in [0.5, 0.6) is 11.5 Å². The van der Waals surface area contributed by atoms with Gasteiger partial charge in [-0.15, -0.1) is 0 Å². The largest absolute Gasteiger partial charge is 0.457 e. The van der Waals surface area contributed by atoms with Gasteiger partial charge in [0.05, 0.1) is 11.3 Å². The van der Waals surface area contributed by atoms with Crippen LogP contribution in [0.1, 0.15) is 16.1 Å². The van der Waals surface area contributed by atoms with Crippen molar-refractivity contribution >= 4 is 23.2 Å². The zero-order chi connectivity index (χ0) is 17.8. The van der Waals surface area contributed by atoms with E-state index < -0.39 is 5.95 Å². The molecule has 25 heavy (non-hydrogen) atoms. The number of carbonyl (C=O) groups is 1. The molecule has 6 heteroatoms. The Labute approximate surface area is 149 Å². The maximum Gasteiger partial charge on any atom is 0.257 e. The first-order valence-electron chi connectivity index (χ1n) is 7.49. The van der Waals surface area contributed by atoms with Gasteiger partial charge < -0.3 is 10.1 Å². The van der Waals surface area contributed by atoms with E-state index >= 15 is 0 Å². The van der Waals surface area contributed by atoms with E-state index in [2.05, 4.69) is 10.3 Å². The first-order chi connectivity index (χ1) is 12.0. The fraction of sp³-hybridized carbons (Fsp3) is 0.0526. The van der Waals surface area contributed by atoms with Crippen molar-refractivity contribution in [2.45, 2.75) is 6.92 Å². The minimum Gasteiger partial charge on any atom is -0.457 e. The number of hydrogen-bond donors (Lipinski definition) is 1. The van der Waals surface area contributed by atoms with E-state index in [1.54, 1.807) is 55.5 Å². The van der Waals surface area contributed by atoms with Crippen LogP contribution in [0.4, 0.5) is 10.1 Å². The predicted octanol–water partition coefficient (Wildman–Crippen LogP) is 5.23. The Balaban J connectivity index is 1.67. The first-order valence-corrected chi connectivity index (χ1v) is 7.87. The lowest BCUT2D eigenvalue weighted by atomic mass is 10.2. The molecule has 0 aliphatic carbocycles. The fourth-order valence-electron chi connectivity index (χ4n) is 2.21. The molecule has 0 saturated heterocycles. The summed E-state index contributed by atoms with van der Waals surface area (Å²) in [5.74, 6) is 0.322. The topological polar surface area (TPSA) is 51.2 Å². The summed E-state index contributed by atoms with van der Waals surface area (Å²) in [5, 5.41) is 3.38. The summed E-state index contributed by atoms with van der Waals surface area (Å²) >= 11 is 5.83. The standard InChI is InChI=1S/C19H14ClFN2O2/c1-12-17(10-11-18(21)22-12)19(24)23-14-4-8-16(9-5-14)25-15-6-2-13(20)3-7-15/h2-11H,1H3,(H,23,24). The van der Waals surface area contributed by atoms with Crippen molar-refractivity contribution in [2.24, 2.45) is 0 Å². The summed E-state index contributed by atoms with van der Waals surface area (Å²) in [6, 6.07) is 16.5. The lowest BCUT2D eigenvalue weighted by Gasteiger charge is -2.09. The van der Waals surface area contributed by atoms with Gasteiger partial charge in [-0.3, -0.25) is 4.79 Å². The summed E-state index contributed by atoms with van der Waals surface area (Å²) in [6.07, 6.45) is 0. The van der Waals surface area contributed by atoms with Crippen LogP contribution in [0.3, 0.4) is 0 Å². The van der Waals surface area contributed by atoms with Crippen LogP contribution in [0.2, 0.25) is 5.02 Å². The monoisotopic (exact) mass is 356 g/mol. The molecule has 0 unspecified atom stereocenters. The average molecular weight is 357 g/mol. The number of anilines is 1. The summed E-state index contributed by atoms with van der Waals surface area (Å²) in [6.45, 7) is 1.58. The van der Waals surface area contributed by atoms with Gasteiger partial charge in [0.25, 0.3) is 5.91 Å². The third-order valence-electron chi connectivity index (χ3n) is 3.46. The highest BCUT2D eigenvalue weighted by Crippen LogP contribution is 2.24. The average Bonchev–Trinajstić information content (AvgIpc) is 2.58. The van der Waals surface area contributed by atoms with Crippen molar-refractivity contribution < 1.29 is 13.9 Å². The van der Waals surface area contributed by atoms with E-state index in [1.807, 2.05) is 0 Å². The molecule has 0 bridgehead atoms. The Kier molecular flexibility index (Phi) is 4.95. The molecule has 0 fully saturated rings. The molecule has 0 aliphatic rings. The Morgan fingerprint density at radius 3 is 2.20 bits per heavy atom. The van der Waals surface area contributed by atoms with Crippen LogP contribution in [-0.4, -0.2) is 10.9 Å². The minimum atomic E-state index is -0.613. The van der Waals surface area contributed by atoms with Crippen molar-refractivity contribution in [1.29, 1.82) is 0 Å². The third-order valence-corrected chi connectivity index (χ3v) is 3.71. The van der Waals surface area contributed by atoms with Crippen LogP contribution in [0, 0.1) is 12.9 Å². The van der Waals surface area contributed by atoms with Crippen molar-refractivity contribution in [3.8, 4) is 11.5 Å². The van der Waals surface area contributed by atoms with Gasteiger partial charge in [-0.2, -0.15) is 4.39 Å². The number of carbonyl (C=O) groups excluding carboxylic acids is 1. The molecule has 2 aromatic carbocycles. The van der Waals surface area contributed by atoms with Crippen molar-refractivity contribution in [1.82, 2.24) is 4.98 Å². The Morgan fingerprint density at radius 2 is 1.60 bits per heavy atom. The number of halogens is 2. The number of nitrogens with zero attached hydrogens (tertiary/aromatic N) is 1. The zero-order valence-electron chi connectivity index (χ0n) is 13.3. The van der Waals surface area contributed by atoms with Gasteiger partial charge in [0.15, 0.2) is 0 Å². The van der Waals surface area contributed by atoms with Gasteiger partial charge in [0.2, 0.25) is 5.95 Å². The van der Waals surface area contributed by atoms with Gasteiger partial charge in [-0.25, -0.2) is 4.98 Å². The predicted molar refractivity (Wildman–Crippen MR) is 94.9 cm³/mol. The Hall–Kier alpha value is -2.92. The number of hydrogen-bond acceptors (Lipinski definition) is 3. The van der Waals surface area contributed by atoms with Crippen LogP contribution in [0.15, 0.2) is 60.7 Å². The molecule has 0 spiro atoms. The second-order valence-corrected chi connectivity index (χ2v) is 5.74. The van der Waals surface area contributed by atoms with Crippen molar-refractivity contribution in [3.05, 3.63) is 82.9 Å². The van der Waals surface area contributed by atoms with Gasteiger partial charge in [-0.05, 0) is 67.6 Å². The summed E-state index contributed by atoms with van der Waals surface area (Å²) in [5.41, 5.74) is 1.25. The molecular weight excluding hydrogens is 343 g/mol. The molecule has 126 valence electrons. The molecule has 3 aromatic rings. The highest BCUT2D eigenvalue weighted by Gasteiger charge is 2.11. The van der Waals surface area contributed by atoms with Gasteiger partial charge >= 0.3 is 0 Å². The SMILES string of the molecule is Cc1nc(F)ccc1C(=O)Nc1ccc(Oc2ccc(Cl)cc2)cc1. The maximum atomic E-state index is 13.0. The van der Waals surface area contributed by atoms with Gasteiger partial charge in [-0.1, -0.05) is 11.6 Å². The highest BCUT2D eigenvalue weighted by molar-refractivity contribution is 6.30. The normalized spacial score (nSPS) is 10.4. The van der Waals surface area contributed by atoms with E-state index in [1.165, 1.54) is 6.07 Å². The molecule has 4 nitrogen and oxygen atoms in total. The van der Waals surface area contributed by atoms with Crippen molar-refractivity contribution in [3.63, 3.8) is 0 Å². The summed E-state index contributed by atoms with van der Waals surface area (Å²) < 4.78 is 18.7. The minimum absolute atomic E-state index is 0.322. The molecule has 0 atom stereocenters. The van der Waals surface area contributed by atoms with E-state index in [0.29, 0.717) is 33.5 Å². The number of benzene rings is 2. The van der Waals surface area contributed by atoms with Crippen molar-refractivity contribution in [2.75, 3.05) is 5.32 Å². The van der Waals surface area contributed by atoms with Gasteiger partial charge in [0.1, 0.15) is 11.5 Å². The molecule has 1 heterocycles. The number of pyridine rings is 1. The lowest BCUT2D eigenvalue weighted by molar-refractivity contribution is 0.102. The molecule has 1 amide bonds. The van der Waals surface area contributed by atoms with Crippen LogP contribution in [0.25, 0.3) is 0 Å². The molecule has 3 rings (SSSR count). The van der Waals surface area contributed by atoms with Crippen LogP contribution < -0.4 is 10.1 Å². The maximum absolute atomic E-state index is 13.0. The van der Waals surface area contributed by atoms with E-state index in [-0.39, 0.29) is 5.91 Å². The second-order valence-electron chi connectivity index (χ2n) is 5.30. The van der Waals surface area contributed by atoms with Crippen LogP contribution >= 0.6 is 11.6 Å². The second kappa shape index (κ2) is 7.32. The molecule has 0 saturated carbocycles. The van der Waals surface area contributed by atoms with E-state index in [4.69, 9.17) is 16.3 Å². The molecule has 0 aliphatic heterocycles. The molecule has 1 aromatic heterocycles. The quantitative estimate of drug-likeness (QED) is 0.651. The number of ether oxygens (including phenoxy) is 1. The fourth-order valence-corrected chi connectivity index (χ4v) is 2.34. The Morgan fingerprint density at radius 1 is 1.00 bits per heavy atom. The number of amides is 1. The Bertz CT molecular complexity index is 896. The number of aromatic nitrogens is 1. The van der Waals surface area contributed by atoms with E-state index in [9.17, 15) is 9.18 Å². The molecule has 1 N–H and O–H groups in total. The number of rotatable bonds is 4. The lowest BCUT2D eigenvalue weighted by Crippen LogP contribution is -2.14. The zero-order valence-corrected chi connectivity index (χ0v) is 14.0. The molecule has 0 radical (unpaired) electrons. The number of aryl methyl sites for hydroxylation is 1. The highest BCUT2D eigenvalue weighted by atomic mass is 35.5. The smallest absolute Gasteiger partial charge is 0.257 e. The van der Waals surface area contributed by atoms with Crippen LogP contribution in [-0.2, 0) is 0 Å². The molecular formula is C19H14ClFN2O2. The number of nitrogens with one attached hydrogen (secondary N) is 1. The summed E-state index contributed by atoms with van der Waals surface area (Å²) in [4.78, 5) is 15.9. The van der Waals surface area contributed by atoms with Gasteiger partial charge in [0, 0.05) is 10.7 Å². The van der Waals surface area contributed by atoms with E-state index in [0.717, 1.165) is 6.07 Å². The third kappa shape index (κ3) is 4.33. The summed E-state index contributed by atoms with van der Waals surface area (Å²) in [7, 11) is 0.